The molecule has 2 atom stereocenters. The molecule has 2 aliphatic rings. The number of hydrogen-bond acceptors (Lipinski definition) is 3. The fourth-order valence-electron chi connectivity index (χ4n) is 7.38. The van der Waals surface area contributed by atoms with E-state index >= 15 is 0 Å². The van der Waals surface area contributed by atoms with E-state index in [0.29, 0.717) is 22.4 Å². The van der Waals surface area contributed by atoms with E-state index in [1.807, 2.05) is 6.07 Å². The van der Waals surface area contributed by atoms with Crippen LogP contribution >= 0.6 is 0 Å². The normalized spacial score (nSPS) is 23.2. The number of fused-ring (bicyclic) bond motifs is 5. The molecule has 0 N–H and O–H groups in total. The molecule has 3 heterocycles. The largest absolute Gasteiger partial charge is 0.354 e. The fraction of sp³-hybridized carbons (Fsp3) is 0.419. The number of anilines is 1. The van der Waals surface area contributed by atoms with Crippen molar-refractivity contribution in [2.75, 3.05) is 11.4 Å². The number of aromatic nitrogens is 2. The maximum Gasteiger partial charge on any atom is 0.157 e. The van der Waals surface area contributed by atoms with Gasteiger partial charge in [0.15, 0.2) is 5.65 Å². The van der Waals surface area contributed by atoms with Crippen LogP contribution in [-0.2, 0) is 6.42 Å². The number of imidazole rings is 1. The minimum atomic E-state index is 0.302. The summed E-state index contributed by atoms with van der Waals surface area (Å²) in [4.78, 5) is 7.68. The second-order valence-corrected chi connectivity index (χ2v) is 12.1. The van der Waals surface area contributed by atoms with Crippen molar-refractivity contribution in [2.24, 2.45) is 10.8 Å². The van der Waals surface area contributed by atoms with Crippen molar-refractivity contribution < 1.29 is 0 Å². The molecule has 35 heavy (non-hydrogen) atoms. The third-order valence-corrected chi connectivity index (χ3v) is 8.52. The SMILES string of the molecule is Cc1ccccc1Cc1c(C)c(C#N)c2nc3ccccc3n2c1N1CC2(C)CC1CC(C)(C)C2. The van der Waals surface area contributed by atoms with Crippen LogP contribution in [0, 0.1) is 36.0 Å². The van der Waals surface area contributed by atoms with Gasteiger partial charge in [-0.05, 0) is 72.8 Å². The van der Waals surface area contributed by atoms with Crippen molar-refractivity contribution in [3.63, 3.8) is 0 Å². The zero-order chi connectivity index (χ0) is 24.5. The number of benzene rings is 2. The van der Waals surface area contributed by atoms with E-state index in [1.165, 1.54) is 41.8 Å². The molecule has 4 heteroatoms. The first-order chi connectivity index (χ1) is 16.7. The molecule has 2 bridgehead atoms. The topological polar surface area (TPSA) is 44.3 Å². The van der Waals surface area contributed by atoms with Gasteiger partial charge in [-0.1, -0.05) is 57.2 Å². The molecular formula is C31H34N4. The number of para-hydroxylation sites is 2. The van der Waals surface area contributed by atoms with Crippen LogP contribution in [0.25, 0.3) is 16.7 Å². The van der Waals surface area contributed by atoms with Gasteiger partial charge in [0.1, 0.15) is 11.9 Å². The lowest BCUT2D eigenvalue weighted by Crippen LogP contribution is -2.36. The molecule has 2 aromatic carbocycles. The summed E-state index contributed by atoms with van der Waals surface area (Å²) in [5, 5.41) is 10.3. The molecule has 1 aliphatic heterocycles. The lowest BCUT2D eigenvalue weighted by Gasteiger charge is -2.39. The van der Waals surface area contributed by atoms with Crippen molar-refractivity contribution in [1.82, 2.24) is 9.38 Å². The van der Waals surface area contributed by atoms with E-state index in [1.54, 1.807) is 0 Å². The van der Waals surface area contributed by atoms with Gasteiger partial charge < -0.3 is 4.90 Å². The van der Waals surface area contributed by atoms with Gasteiger partial charge in [-0.3, -0.25) is 4.40 Å². The number of pyridine rings is 1. The summed E-state index contributed by atoms with van der Waals surface area (Å²) in [7, 11) is 0. The highest BCUT2D eigenvalue weighted by Gasteiger charge is 2.50. The first kappa shape index (κ1) is 22.2. The average molecular weight is 463 g/mol. The Balaban J connectivity index is 1.68. The molecule has 0 amide bonds. The van der Waals surface area contributed by atoms with Crippen LogP contribution in [0.2, 0.25) is 0 Å². The highest BCUT2D eigenvalue weighted by molar-refractivity contribution is 5.86. The van der Waals surface area contributed by atoms with Crippen LogP contribution in [-0.4, -0.2) is 22.0 Å². The zero-order valence-electron chi connectivity index (χ0n) is 21.5. The molecule has 4 nitrogen and oxygen atoms in total. The molecule has 1 saturated carbocycles. The zero-order valence-corrected chi connectivity index (χ0v) is 21.5. The highest BCUT2D eigenvalue weighted by atomic mass is 15.3. The fourth-order valence-corrected chi connectivity index (χ4v) is 7.38. The Morgan fingerprint density at radius 1 is 1.03 bits per heavy atom. The van der Waals surface area contributed by atoms with Gasteiger partial charge in [0.05, 0.1) is 16.6 Å². The average Bonchev–Trinajstić information content (AvgIpc) is 3.29. The van der Waals surface area contributed by atoms with E-state index in [-0.39, 0.29) is 0 Å². The van der Waals surface area contributed by atoms with Gasteiger partial charge in [0.25, 0.3) is 0 Å². The monoisotopic (exact) mass is 462 g/mol. The van der Waals surface area contributed by atoms with E-state index < -0.39 is 0 Å². The van der Waals surface area contributed by atoms with Gasteiger partial charge in [0.2, 0.25) is 0 Å². The summed E-state index contributed by atoms with van der Waals surface area (Å²) in [5.41, 5.74) is 9.11. The van der Waals surface area contributed by atoms with E-state index in [9.17, 15) is 5.26 Å². The number of aryl methyl sites for hydroxylation is 1. The smallest absolute Gasteiger partial charge is 0.157 e. The molecule has 2 unspecified atom stereocenters. The van der Waals surface area contributed by atoms with Crippen molar-refractivity contribution in [3.05, 3.63) is 76.3 Å². The molecule has 1 saturated heterocycles. The van der Waals surface area contributed by atoms with Crippen molar-refractivity contribution in [1.29, 1.82) is 5.26 Å². The van der Waals surface area contributed by atoms with Crippen LogP contribution in [0.1, 0.15) is 67.9 Å². The van der Waals surface area contributed by atoms with Gasteiger partial charge in [-0.25, -0.2) is 4.98 Å². The Bertz CT molecular complexity index is 1520. The Hall–Kier alpha value is -3.32. The summed E-state index contributed by atoms with van der Waals surface area (Å²) >= 11 is 0. The molecule has 6 rings (SSSR count). The lowest BCUT2D eigenvalue weighted by molar-refractivity contribution is 0.136. The van der Waals surface area contributed by atoms with Gasteiger partial charge in [-0.15, -0.1) is 0 Å². The minimum Gasteiger partial charge on any atom is -0.354 e. The standard InChI is InChI=1S/C31H34N4/c1-20-10-6-7-11-22(20)14-24-21(2)25(17-32)28-33-26-12-8-9-13-27(26)35(28)29(24)34-19-31(5)16-23(34)15-30(3,4)18-31/h6-13,23H,14-16,18-19H2,1-5H3. The van der Waals surface area contributed by atoms with E-state index in [0.717, 1.165) is 35.2 Å². The van der Waals surface area contributed by atoms with Crippen LogP contribution < -0.4 is 4.90 Å². The third kappa shape index (κ3) is 3.44. The molecule has 2 aromatic heterocycles. The van der Waals surface area contributed by atoms with Crippen LogP contribution in [0.5, 0.6) is 0 Å². The van der Waals surface area contributed by atoms with Crippen molar-refractivity contribution >= 4 is 22.5 Å². The second-order valence-electron chi connectivity index (χ2n) is 12.1. The molecule has 0 radical (unpaired) electrons. The summed E-state index contributed by atoms with van der Waals surface area (Å²) < 4.78 is 2.31. The molecule has 2 fully saturated rings. The van der Waals surface area contributed by atoms with Crippen LogP contribution in [0.15, 0.2) is 48.5 Å². The first-order valence-electron chi connectivity index (χ1n) is 12.8. The summed E-state index contributed by atoms with van der Waals surface area (Å²) in [6.07, 6.45) is 4.49. The minimum absolute atomic E-state index is 0.302. The summed E-state index contributed by atoms with van der Waals surface area (Å²) in [6, 6.07) is 20.0. The van der Waals surface area contributed by atoms with Gasteiger partial charge >= 0.3 is 0 Å². The molecule has 4 aromatic rings. The predicted octanol–water partition coefficient (Wildman–Crippen LogP) is 6.97. The first-order valence-corrected chi connectivity index (χ1v) is 12.8. The number of hydrogen-bond donors (Lipinski definition) is 0. The number of nitriles is 1. The van der Waals surface area contributed by atoms with Gasteiger partial charge in [-0.2, -0.15) is 5.26 Å². The lowest BCUT2D eigenvalue weighted by atomic mass is 9.65. The molecular weight excluding hydrogens is 428 g/mol. The Labute approximate surface area is 208 Å². The maximum atomic E-state index is 10.3. The Kier molecular flexibility index (Phi) is 4.81. The predicted molar refractivity (Wildman–Crippen MR) is 143 cm³/mol. The third-order valence-electron chi connectivity index (χ3n) is 8.52. The van der Waals surface area contributed by atoms with E-state index in [4.69, 9.17) is 4.98 Å². The Morgan fingerprint density at radius 2 is 1.77 bits per heavy atom. The van der Waals surface area contributed by atoms with Crippen molar-refractivity contribution in [3.8, 4) is 6.07 Å². The number of nitrogens with zero attached hydrogens (tertiary/aromatic N) is 4. The Morgan fingerprint density at radius 3 is 2.54 bits per heavy atom. The van der Waals surface area contributed by atoms with E-state index in [2.05, 4.69) is 92.5 Å². The maximum absolute atomic E-state index is 10.3. The molecule has 0 spiro atoms. The summed E-state index contributed by atoms with van der Waals surface area (Å²) in [6.45, 7) is 12.7. The van der Waals surface area contributed by atoms with Crippen LogP contribution in [0.3, 0.4) is 0 Å². The molecule has 178 valence electrons. The molecule has 1 aliphatic carbocycles. The summed E-state index contributed by atoms with van der Waals surface area (Å²) in [5.74, 6) is 1.25. The van der Waals surface area contributed by atoms with Crippen LogP contribution in [0.4, 0.5) is 5.82 Å². The highest BCUT2D eigenvalue weighted by Crippen LogP contribution is 2.54. The quantitative estimate of drug-likeness (QED) is 0.330. The van der Waals surface area contributed by atoms with Crippen molar-refractivity contribution in [2.45, 2.75) is 66.3 Å². The second kappa shape index (κ2) is 7.59. The number of rotatable bonds is 3. The van der Waals surface area contributed by atoms with Gasteiger partial charge in [0, 0.05) is 24.6 Å².